The molecule has 1 fully saturated rings. The molecule has 106 valence electrons. The summed E-state index contributed by atoms with van der Waals surface area (Å²) in [6, 6.07) is 4.48. The van der Waals surface area contributed by atoms with Gasteiger partial charge in [-0.25, -0.2) is 0 Å². The molecule has 1 aliphatic rings. The summed E-state index contributed by atoms with van der Waals surface area (Å²) in [4.78, 5) is 4.45. The molecule has 1 aliphatic heterocycles. The second-order valence-electron chi connectivity index (χ2n) is 5.44. The van der Waals surface area contributed by atoms with Crippen LogP contribution in [0.3, 0.4) is 0 Å². The first-order valence-corrected chi connectivity index (χ1v) is 6.66. The van der Waals surface area contributed by atoms with Gasteiger partial charge in [-0.15, -0.1) is 0 Å². The van der Waals surface area contributed by atoms with E-state index in [2.05, 4.69) is 22.4 Å². The van der Waals surface area contributed by atoms with Crippen molar-refractivity contribution < 1.29 is 14.7 Å². The van der Waals surface area contributed by atoms with E-state index < -0.39 is 0 Å². The average Bonchev–Trinajstić information content (AvgIpc) is 2.93. The van der Waals surface area contributed by atoms with Crippen LogP contribution in [-0.4, -0.2) is 33.4 Å². The molecule has 0 atom stereocenters. The standard InChI is InChI=1S/C14H17N3O3/c1-14(4-6-15-7-5-14)13-16-12(17-20-13)9-2-3-10(18)11(19)8-9/h2-3,8,15,18-19H,4-7H2,1H3. The monoisotopic (exact) mass is 275 g/mol. The lowest BCUT2D eigenvalue weighted by atomic mass is 9.81. The highest BCUT2D eigenvalue weighted by molar-refractivity contribution is 5.60. The molecule has 0 aliphatic carbocycles. The summed E-state index contributed by atoms with van der Waals surface area (Å²) in [5.41, 5.74) is 0.517. The number of phenols is 2. The summed E-state index contributed by atoms with van der Waals surface area (Å²) in [6.07, 6.45) is 1.91. The number of hydrogen-bond donors (Lipinski definition) is 3. The third-order valence-corrected chi connectivity index (χ3v) is 3.88. The molecule has 0 bridgehead atoms. The molecule has 1 aromatic heterocycles. The van der Waals surface area contributed by atoms with Crippen LogP contribution in [0.2, 0.25) is 0 Å². The molecular weight excluding hydrogens is 258 g/mol. The Morgan fingerprint density at radius 2 is 1.95 bits per heavy atom. The van der Waals surface area contributed by atoms with Crippen molar-refractivity contribution in [2.45, 2.75) is 25.2 Å². The van der Waals surface area contributed by atoms with Crippen LogP contribution in [0.1, 0.15) is 25.7 Å². The van der Waals surface area contributed by atoms with Crippen molar-refractivity contribution in [1.29, 1.82) is 0 Å². The van der Waals surface area contributed by atoms with Gasteiger partial charge in [-0.3, -0.25) is 0 Å². The number of aromatic nitrogens is 2. The average molecular weight is 275 g/mol. The largest absolute Gasteiger partial charge is 0.504 e. The van der Waals surface area contributed by atoms with Gasteiger partial charge in [-0.05, 0) is 44.1 Å². The molecule has 6 heteroatoms. The zero-order chi connectivity index (χ0) is 14.2. The van der Waals surface area contributed by atoms with Crippen molar-refractivity contribution in [3.8, 4) is 22.9 Å². The minimum atomic E-state index is -0.193. The third kappa shape index (κ3) is 2.22. The fourth-order valence-electron chi connectivity index (χ4n) is 2.44. The first-order chi connectivity index (χ1) is 9.58. The van der Waals surface area contributed by atoms with E-state index >= 15 is 0 Å². The maximum absolute atomic E-state index is 9.52. The van der Waals surface area contributed by atoms with Crippen molar-refractivity contribution in [2.75, 3.05) is 13.1 Å². The van der Waals surface area contributed by atoms with E-state index in [9.17, 15) is 10.2 Å². The summed E-state index contributed by atoms with van der Waals surface area (Å²) in [7, 11) is 0. The number of rotatable bonds is 2. The van der Waals surface area contributed by atoms with Gasteiger partial charge in [0.1, 0.15) is 0 Å². The number of hydrogen-bond acceptors (Lipinski definition) is 6. The second-order valence-corrected chi connectivity index (χ2v) is 5.44. The van der Waals surface area contributed by atoms with Crippen molar-refractivity contribution in [3.05, 3.63) is 24.1 Å². The van der Waals surface area contributed by atoms with Crippen LogP contribution in [0.25, 0.3) is 11.4 Å². The number of aromatic hydroxyl groups is 2. The SMILES string of the molecule is CC1(c2nc(-c3ccc(O)c(O)c3)no2)CCNCC1. The van der Waals surface area contributed by atoms with Gasteiger partial charge >= 0.3 is 0 Å². The van der Waals surface area contributed by atoms with Crippen molar-refractivity contribution in [3.63, 3.8) is 0 Å². The normalized spacial score (nSPS) is 18.1. The van der Waals surface area contributed by atoms with E-state index in [4.69, 9.17) is 4.52 Å². The quantitative estimate of drug-likeness (QED) is 0.724. The Balaban J connectivity index is 1.91. The Labute approximate surface area is 116 Å². The molecule has 0 radical (unpaired) electrons. The Bertz CT molecular complexity index is 618. The lowest BCUT2D eigenvalue weighted by Crippen LogP contribution is -2.37. The number of nitrogens with one attached hydrogen (secondary N) is 1. The smallest absolute Gasteiger partial charge is 0.232 e. The van der Waals surface area contributed by atoms with Crippen molar-refractivity contribution in [2.24, 2.45) is 0 Å². The van der Waals surface area contributed by atoms with E-state index in [-0.39, 0.29) is 16.9 Å². The van der Waals surface area contributed by atoms with Gasteiger partial charge in [0.25, 0.3) is 0 Å². The first kappa shape index (κ1) is 12.9. The second kappa shape index (κ2) is 4.79. The van der Waals surface area contributed by atoms with Gasteiger partial charge in [0, 0.05) is 11.0 Å². The molecule has 2 aromatic rings. The fraction of sp³-hybridized carbons (Fsp3) is 0.429. The topological polar surface area (TPSA) is 91.4 Å². The fourth-order valence-corrected chi connectivity index (χ4v) is 2.44. The van der Waals surface area contributed by atoms with Gasteiger partial charge in [0.05, 0.1) is 0 Å². The molecule has 3 N–H and O–H groups in total. The Morgan fingerprint density at radius 1 is 1.20 bits per heavy atom. The highest BCUT2D eigenvalue weighted by Gasteiger charge is 2.34. The minimum Gasteiger partial charge on any atom is -0.504 e. The molecular formula is C14H17N3O3. The summed E-state index contributed by atoms with van der Waals surface area (Å²) in [5, 5.41) is 26.1. The van der Waals surface area contributed by atoms with Gasteiger partial charge in [-0.2, -0.15) is 4.98 Å². The Morgan fingerprint density at radius 3 is 2.65 bits per heavy atom. The van der Waals surface area contributed by atoms with Gasteiger partial charge in [0.15, 0.2) is 11.5 Å². The number of phenolic OH excluding ortho intramolecular Hbond substituents is 2. The van der Waals surface area contributed by atoms with Gasteiger partial charge in [-0.1, -0.05) is 12.1 Å². The lowest BCUT2D eigenvalue weighted by molar-refractivity contribution is 0.241. The van der Waals surface area contributed by atoms with Gasteiger partial charge < -0.3 is 20.1 Å². The maximum Gasteiger partial charge on any atom is 0.232 e. The molecule has 3 rings (SSSR count). The maximum atomic E-state index is 9.52. The molecule has 0 spiro atoms. The molecule has 0 unspecified atom stereocenters. The molecule has 0 amide bonds. The number of piperidine rings is 1. The summed E-state index contributed by atoms with van der Waals surface area (Å²) < 4.78 is 5.40. The predicted octanol–water partition coefficient (Wildman–Crippen LogP) is 1.79. The molecule has 1 saturated heterocycles. The van der Waals surface area contributed by atoms with Crippen LogP contribution in [0.5, 0.6) is 11.5 Å². The zero-order valence-electron chi connectivity index (χ0n) is 11.3. The van der Waals surface area contributed by atoms with Crippen LogP contribution < -0.4 is 5.32 Å². The van der Waals surface area contributed by atoms with E-state index in [0.717, 1.165) is 25.9 Å². The van der Waals surface area contributed by atoms with Crippen LogP contribution in [0.4, 0.5) is 0 Å². The van der Waals surface area contributed by atoms with E-state index in [1.165, 1.54) is 12.1 Å². The minimum absolute atomic E-state index is 0.102. The van der Waals surface area contributed by atoms with E-state index in [1.807, 2.05) is 0 Å². The number of benzene rings is 1. The third-order valence-electron chi connectivity index (χ3n) is 3.88. The van der Waals surface area contributed by atoms with Crippen LogP contribution in [0, 0.1) is 0 Å². The molecule has 20 heavy (non-hydrogen) atoms. The molecule has 0 saturated carbocycles. The van der Waals surface area contributed by atoms with Crippen LogP contribution in [-0.2, 0) is 5.41 Å². The highest BCUT2D eigenvalue weighted by Crippen LogP contribution is 2.34. The van der Waals surface area contributed by atoms with E-state index in [0.29, 0.717) is 17.3 Å². The van der Waals surface area contributed by atoms with Crippen LogP contribution in [0.15, 0.2) is 22.7 Å². The van der Waals surface area contributed by atoms with Crippen molar-refractivity contribution in [1.82, 2.24) is 15.5 Å². The summed E-state index contributed by atoms with van der Waals surface area (Å²) in [5.74, 6) is 0.696. The Kier molecular flexibility index (Phi) is 3.10. The molecule has 6 nitrogen and oxygen atoms in total. The van der Waals surface area contributed by atoms with E-state index in [1.54, 1.807) is 6.07 Å². The summed E-state index contributed by atoms with van der Waals surface area (Å²) >= 11 is 0. The zero-order valence-corrected chi connectivity index (χ0v) is 11.3. The lowest BCUT2D eigenvalue weighted by Gasteiger charge is -2.30. The van der Waals surface area contributed by atoms with Gasteiger partial charge in [0.2, 0.25) is 11.7 Å². The molecule has 1 aromatic carbocycles. The first-order valence-electron chi connectivity index (χ1n) is 6.66. The highest BCUT2D eigenvalue weighted by atomic mass is 16.5. The van der Waals surface area contributed by atoms with Crippen LogP contribution >= 0.6 is 0 Å². The Hall–Kier alpha value is -2.08. The number of nitrogens with zero attached hydrogens (tertiary/aromatic N) is 2. The summed E-state index contributed by atoms with van der Waals surface area (Å²) in [6.45, 7) is 4.00. The predicted molar refractivity (Wildman–Crippen MR) is 72.5 cm³/mol. The molecule has 2 heterocycles. The van der Waals surface area contributed by atoms with Crippen molar-refractivity contribution >= 4 is 0 Å².